The van der Waals surface area contributed by atoms with Gasteiger partial charge in [-0.3, -0.25) is 9.59 Å². The summed E-state index contributed by atoms with van der Waals surface area (Å²) in [7, 11) is 0. The molecule has 0 rings (SSSR count). The van der Waals surface area contributed by atoms with Gasteiger partial charge in [0, 0.05) is 12.8 Å². The van der Waals surface area contributed by atoms with Crippen LogP contribution < -0.4 is 5.32 Å². The summed E-state index contributed by atoms with van der Waals surface area (Å²) in [5.74, 6) is -0.769. The molecular formula is C9H17NO3. The Hall–Kier alpha value is -0.900. The highest BCUT2D eigenvalue weighted by atomic mass is 16.4. The molecule has 0 amide bonds. The molecule has 0 aliphatic heterocycles. The van der Waals surface area contributed by atoms with Gasteiger partial charge < -0.3 is 10.4 Å². The fraction of sp³-hybridized carbons (Fsp3) is 0.778. The first-order valence-corrected chi connectivity index (χ1v) is 4.59. The highest BCUT2D eigenvalue weighted by Gasteiger charge is 2.16. The molecule has 0 unspecified atom stereocenters. The second kappa shape index (κ2) is 6.60. The van der Waals surface area contributed by atoms with Crippen LogP contribution in [0.1, 0.15) is 33.1 Å². The Morgan fingerprint density at radius 1 is 1.38 bits per heavy atom. The largest absolute Gasteiger partial charge is 0.480 e. The Balaban J connectivity index is 3.82. The summed E-state index contributed by atoms with van der Waals surface area (Å²) < 4.78 is 0. The van der Waals surface area contributed by atoms with E-state index >= 15 is 0 Å². The standard InChI is InChI=1S/C9H17NO3/c1-3-7(11)5-6-8(9(12)13)10-4-2/h8,10H,3-6H2,1-2H3,(H,12,13)/t8-/m0/s1. The van der Waals surface area contributed by atoms with E-state index < -0.39 is 12.0 Å². The van der Waals surface area contributed by atoms with E-state index in [0.717, 1.165) is 0 Å². The average molecular weight is 187 g/mol. The Labute approximate surface area is 78.3 Å². The van der Waals surface area contributed by atoms with Crippen LogP contribution in [0.4, 0.5) is 0 Å². The lowest BCUT2D eigenvalue weighted by atomic mass is 10.1. The van der Waals surface area contributed by atoms with Crippen LogP contribution in [0, 0.1) is 0 Å². The van der Waals surface area contributed by atoms with Gasteiger partial charge in [0.1, 0.15) is 11.8 Å². The predicted molar refractivity (Wildman–Crippen MR) is 49.6 cm³/mol. The first-order chi connectivity index (χ1) is 6.11. The van der Waals surface area contributed by atoms with E-state index in [-0.39, 0.29) is 5.78 Å². The molecule has 4 heteroatoms. The van der Waals surface area contributed by atoms with Crippen molar-refractivity contribution >= 4 is 11.8 Å². The zero-order valence-electron chi connectivity index (χ0n) is 8.17. The van der Waals surface area contributed by atoms with Crippen molar-refractivity contribution in [3.63, 3.8) is 0 Å². The van der Waals surface area contributed by atoms with E-state index in [0.29, 0.717) is 25.8 Å². The van der Waals surface area contributed by atoms with Gasteiger partial charge in [0.25, 0.3) is 0 Å². The summed E-state index contributed by atoms with van der Waals surface area (Å²) in [6, 6.07) is -0.583. The molecule has 13 heavy (non-hydrogen) atoms. The van der Waals surface area contributed by atoms with Crippen molar-refractivity contribution in [2.24, 2.45) is 0 Å². The molecule has 0 fully saturated rings. The Kier molecular flexibility index (Phi) is 6.14. The number of carbonyl (C=O) groups is 2. The van der Waals surface area contributed by atoms with Gasteiger partial charge in [-0.1, -0.05) is 13.8 Å². The molecule has 0 aromatic heterocycles. The minimum absolute atomic E-state index is 0.115. The number of carbonyl (C=O) groups excluding carboxylic acids is 1. The maximum atomic E-state index is 10.9. The zero-order valence-corrected chi connectivity index (χ0v) is 8.17. The number of likely N-dealkylation sites (N-methyl/N-ethyl adjacent to an activating group) is 1. The quantitative estimate of drug-likeness (QED) is 0.619. The lowest BCUT2D eigenvalue weighted by molar-refractivity contribution is -0.139. The normalized spacial score (nSPS) is 12.5. The second-order valence-electron chi connectivity index (χ2n) is 2.88. The summed E-state index contributed by atoms with van der Waals surface area (Å²) in [6.45, 7) is 4.24. The van der Waals surface area contributed by atoms with E-state index in [1.807, 2.05) is 6.92 Å². The van der Waals surface area contributed by atoms with Gasteiger partial charge in [-0.2, -0.15) is 0 Å². The maximum absolute atomic E-state index is 10.9. The van der Waals surface area contributed by atoms with E-state index in [9.17, 15) is 9.59 Å². The molecule has 0 bridgehead atoms. The summed E-state index contributed by atoms with van der Waals surface area (Å²) in [5.41, 5.74) is 0. The van der Waals surface area contributed by atoms with Gasteiger partial charge in [-0.25, -0.2) is 0 Å². The van der Waals surface area contributed by atoms with Crippen LogP contribution in [-0.4, -0.2) is 29.4 Å². The van der Waals surface area contributed by atoms with Gasteiger partial charge >= 0.3 is 5.97 Å². The predicted octanol–water partition coefficient (Wildman–Crippen LogP) is 0.808. The van der Waals surface area contributed by atoms with Crippen molar-refractivity contribution in [2.75, 3.05) is 6.54 Å². The van der Waals surface area contributed by atoms with E-state index in [1.54, 1.807) is 6.92 Å². The fourth-order valence-electron chi connectivity index (χ4n) is 1.04. The molecule has 0 radical (unpaired) electrons. The smallest absolute Gasteiger partial charge is 0.320 e. The van der Waals surface area contributed by atoms with E-state index in [4.69, 9.17) is 5.11 Å². The molecule has 0 saturated carbocycles. The Morgan fingerprint density at radius 2 is 2.00 bits per heavy atom. The molecule has 0 aromatic carbocycles. The third kappa shape index (κ3) is 5.36. The van der Waals surface area contributed by atoms with Crippen molar-refractivity contribution in [2.45, 2.75) is 39.2 Å². The maximum Gasteiger partial charge on any atom is 0.320 e. The monoisotopic (exact) mass is 187 g/mol. The SMILES string of the molecule is CCN[C@@H](CCC(=O)CC)C(=O)O. The second-order valence-corrected chi connectivity index (χ2v) is 2.88. The highest BCUT2D eigenvalue weighted by molar-refractivity contribution is 5.79. The van der Waals surface area contributed by atoms with Gasteiger partial charge in [0.05, 0.1) is 0 Å². The van der Waals surface area contributed by atoms with Gasteiger partial charge in [0.2, 0.25) is 0 Å². The number of hydrogen-bond acceptors (Lipinski definition) is 3. The third-order valence-electron chi connectivity index (χ3n) is 1.85. The van der Waals surface area contributed by atoms with Gasteiger partial charge in [0.15, 0.2) is 0 Å². The van der Waals surface area contributed by atoms with Crippen LogP contribution in [0.25, 0.3) is 0 Å². The molecule has 0 aliphatic carbocycles. The molecule has 2 N–H and O–H groups in total. The molecule has 0 heterocycles. The van der Waals surface area contributed by atoms with Crippen molar-refractivity contribution in [1.29, 1.82) is 0 Å². The average Bonchev–Trinajstić information content (AvgIpc) is 2.11. The number of carboxylic acids is 1. The van der Waals surface area contributed by atoms with Crippen LogP contribution in [0.2, 0.25) is 0 Å². The fourth-order valence-corrected chi connectivity index (χ4v) is 1.04. The lowest BCUT2D eigenvalue weighted by Gasteiger charge is -2.11. The van der Waals surface area contributed by atoms with Crippen molar-refractivity contribution < 1.29 is 14.7 Å². The van der Waals surface area contributed by atoms with Crippen molar-refractivity contribution in [3.05, 3.63) is 0 Å². The van der Waals surface area contributed by atoms with Crippen LogP contribution in [-0.2, 0) is 9.59 Å². The first-order valence-electron chi connectivity index (χ1n) is 4.59. The minimum atomic E-state index is -0.884. The van der Waals surface area contributed by atoms with Crippen LogP contribution in [0.3, 0.4) is 0 Å². The Morgan fingerprint density at radius 3 is 2.38 bits per heavy atom. The molecule has 0 spiro atoms. The number of carboxylic acid groups (broad SMARTS) is 1. The first kappa shape index (κ1) is 12.1. The van der Waals surface area contributed by atoms with Gasteiger partial charge in [-0.15, -0.1) is 0 Å². The highest BCUT2D eigenvalue weighted by Crippen LogP contribution is 2.00. The number of ketones is 1. The van der Waals surface area contributed by atoms with E-state index in [1.165, 1.54) is 0 Å². The molecule has 1 atom stereocenters. The molecule has 0 aliphatic rings. The van der Waals surface area contributed by atoms with Crippen LogP contribution in [0.5, 0.6) is 0 Å². The van der Waals surface area contributed by atoms with Crippen molar-refractivity contribution in [1.82, 2.24) is 5.32 Å². The van der Waals surface area contributed by atoms with Gasteiger partial charge in [-0.05, 0) is 13.0 Å². The van der Waals surface area contributed by atoms with Crippen LogP contribution in [0.15, 0.2) is 0 Å². The number of nitrogens with one attached hydrogen (secondary N) is 1. The summed E-state index contributed by atoms with van der Waals surface area (Å²) >= 11 is 0. The van der Waals surface area contributed by atoms with E-state index in [2.05, 4.69) is 5.32 Å². The van der Waals surface area contributed by atoms with Crippen molar-refractivity contribution in [3.8, 4) is 0 Å². The number of aliphatic carboxylic acids is 1. The topological polar surface area (TPSA) is 66.4 Å². The molecule has 76 valence electrons. The summed E-state index contributed by atoms with van der Waals surface area (Å²) in [6.07, 6.45) is 1.22. The number of hydrogen-bond donors (Lipinski definition) is 2. The molecular weight excluding hydrogens is 170 g/mol. The summed E-state index contributed by atoms with van der Waals surface area (Å²) in [5, 5.41) is 11.5. The third-order valence-corrected chi connectivity index (χ3v) is 1.85. The summed E-state index contributed by atoms with van der Waals surface area (Å²) in [4.78, 5) is 21.5. The van der Waals surface area contributed by atoms with Crippen LogP contribution >= 0.6 is 0 Å². The lowest BCUT2D eigenvalue weighted by Crippen LogP contribution is -2.36. The number of Topliss-reactive ketones (excluding diaryl/α,β-unsaturated/α-hetero) is 1. The number of rotatable bonds is 7. The molecule has 0 saturated heterocycles. The molecule has 4 nitrogen and oxygen atoms in total. The zero-order chi connectivity index (χ0) is 10.3. The minimum Gasteiger partial charge on any atom is -0.480 e. The molecule has 0 aromatic rings. The Bertz CT molecular complexity index is 180.